The predicted molar refractivity (Wildman–Crippen MR) is 50.4 cm³/mol. The molecule has 0 saturated carbocycles. The SMILES string of the molecule is O=C(O)c1cc([C@@H]2CCN2)ccc1O. The lowest BCUT2D eigenvalue weighted by Gasteiger charge is -2.28. The van der Waals surface area contributed by atoms with Crippen LogP contribution in [0.25, 0.3) is 0 Å². The van der Waals surface area contributed by atoms with Crippen LogP contribution in [-0.2, 0) is 0 Å². The molecule has 0 spiro atoms. The van der Waals surface area contributed by atoms with Crippen LogP contribution in [0.2, 0.25) is 0 Å². The van der Waals surface area contributed by atoms with E-state index >= 15 is 0 Å². The Hall–Kier alpha value is -1.55. The van der Waals surface area contributed by atoms with Gasteiger partial charge in [-0.05, 0) is 30.7 Å². The van der Waals surface area contributed by atoms with Gasteiger partial charge < -0.3 is 15.5 Å². The number of phenols is 1. The molecule has 0 radical (unpaired) electrons. The van der Waals surface area contributed by atoms with Crippen LogP contribution in [0.15, 0.2) is 18.2 Å². The van der Waals surface area contributed by atoms with Crippen molar-refractivity contribution in [3.63, 3.8) is 0 Å². The molecule has 1 aromatic rings. The topological polar surface area (TPSA) is 69.6 Å². The Bertz CT molecular complexity index is 372. The van der Waals surface area contributed by atoms with Crippen LogP contribution in [-0.4, -0.2) is 22.7 Å². The fraction of sp³-hybridized carbons (Fsp3) is 0.300. The number of carbonyl (C=O) groups is 1. The van der Waals surface area contributed by atoms with E-state index < -0.39 is 5.97 Å². The van der Waals surface area contributed by atoms with Gasteiger partial charge in [0.1, 0.15) is 11.3 Å². The van der Waals surface area contributed by atoms with Crippen molar-refractivity contribution in [2.24, 2.45) is 0 Å². The van der Waals surface area contributed by atoms with E-state index in [-0.39, 0.29) is 17.4 Å². The van der Waals surface area contributed by atoms with E-state index in [1.165, 1.54) is 12.1 Å². The predicted octanol–water partition coefficient (Wildman–Crippen LogP) is 1.12. The lowest BCUT2D eigenvalue weighted by atomic mass is 9.96. The molecule has 3 N–H and O–H groups in total. The molecule has 74 valence electrons. The molecule has 4 nitrogen and oxygen atoms in total. The van der Waals surface area contributed by atoms with Gasteiger partial charge in [0.2, 0.25) is 0 Å². The number of benzene rings is 1. The summed E-state index contributed by atoms with van der Waals surface area (Å²) >= 11 is 0. The minimum Gasteiger partial charge on any atom is -0.507 e. The van der Waals surface area contributed by atoms with E-state index in [9.17, 15) is 9.90 Å². The van der Waals surface area contributed by atoms with Crippen LogP contribution in [0.4, 0.5) is 0 Å². The first-order valence-electron chi connectivity index (χ1n) is 4.48. The third-order valence-corrected chi connectivity index (χ3v) is 2.48. The van der Waals surface area contributed by atoms with Gasteiger partial charge in [0, 0.05) is 6.04 Å². The summed E-state index contributed by atoms with van der Waals surface area (Å²) in [6, 6.07) is 4.94. The van der Waals surface area contributed by atoms with E-state index in [4.69, 9.17) is 5.11 Å². The van der Waals surface area contributed by atoms with Gasteiger partial charge in [-0.2, -0.15) is 0 Å². The zero-order valence-electron chi connectivity index (χ0n) is 7.53. The van der Waals surface area contributed by atoms with Gasteiger partial charge in [-0.3, -0.25) is 0 Å². The molecule has 1 heterocycles. The Balaban J connectivity index is 2.34. The second-order valence-corrected chi connectivity index (χ2v) is 3.38. The Labute approximate surface area is 81.2 Å². The lowest BCUT2D eigenvalue weighted by molar-refractivity contribution is 0.0693. The lowest BCUT2D eigenvalue weighted by Crippen LogP contribution is -2.34. The molecule has 1 atom stereocenters. The molecule has 0 unspecified atom stereocenters. The third kappa shape index (κ3) is 1.44. The van der Waals surface area contributed by atoms with E-state index in [1.807, 2.05) is 0 Å². The van der Waals surface area contributed by atoms with Crippen LogP contribution in [0.3, 0.4) is 0 Å². The zero-order chi connectivity index (χ0) is 10.1. The van der Waals surface area contributed by atoms with Crippen molar-refractivity contribution in [3.8, 4) is 5.75 Å². The summed E-state index contributed by atoms with van der Waals surface area (Å²) in [6.45, 7) is 0.966. The van der Waals surface area contributed by atoms with Gasteiger partial charge in [-0.1, -0.05) is 6.07 Å². The molecule has 0 bridgehead atoms. The Morgan fingerprint density at radius 1 is 1.50 bits per heavy atom. The van der Waals surface area contributed by atoms with Crippen LogP contribution < -0.4 is 5.32 Å². The average Bonchev–Trinajstić information content (AvgIpc) is 2.04. The summed E-state index contributed by atoms with van der Waals surface area (Å²) in [5.74, 6) is -1.27. The first kappa shape index (κ1) is 9.02. The minimum atomic E-state index is -1.09. The minimum absolute atomic E-state index is 0.0313. The highest BCUT2D eigenvalue weighted by Crippen LogP contribution is 2.27. The maximum Gasteiger partial charge on any atom is 0.339 e. The number of hydrogen-bond donors (Lipinski definition) is 3. The second kappa shape index (κ2) is 3.31. The van der Waals surface area contributed by atoms with Crippen LogP contribution in [0.5, 0.6) is 5.75 Å². The molecule has 1 aromatic carbocycles. The maximum absolute atomic E-state index is 10.7. The Kier molecular flexibility index (Phi) is 2.13. The fourth-order valence-electron chi connectivity index (χ4n) is 1.51. The maximum atomic E-state index is 10.7. The zero-order valence-corrected chi connectivity index (χ0v) is 7.53. The van der Waals surface area contributed by atoms with Crippen molar-refractivity contribution < 1.29 is 15.0 Å². The summed E-state index contributed by atoms with van der Waals surface area (Å²) in [6.07, 6.45) is 1.02. The van der Waals surface area contributed by atoms with Gasteiger partial charge in [0.25, 0.3) is 0 Å². The number of rotatable bonds is 2. The highest BCUT2D eigenvalue weighted by molar-refractivity contribution is 5.90. The smallest absolute Gasteiger partial charge is 0.339 e. The number of nitrogens with one attached hydrogen (secondary N) is 1. The highest BCUT2D eigenvalue weighted by atomic mass is 16.4. The molecule has 14 heavy (non-hydrogen) atoms. The van der Waals surface area contributed by atoms with Crippen LogP contribution >= 0.6 is 0 Å². The van der Waals surface area contributed by atoms with Gasteiger partial charge in [-0.25, -0.2) is 4.79 Å². The van der Waals surface area contributed by atoms with Crippen LogP contribution in [0.1, 0.15) is 28.4 Å². The van der Waals surface area contributed by atoms with Crippen molar-refractivity contribution in [2.75, 3.05) is 6.54 Å². The van der Waals surface area contributed by atoms with Gasteiger partial charge in [0.15, 0.2) is 0 Å². The molecular weight excluding hydrogens is 182 g/mol. The van der Waals surface area contributed by atoms with Crippen molar-refractivity contribution in [1.29, 1.82) is 0 Å². The first-order valence-corrected chi connectivity index (χ1v) is 4.48. The summed E-state index contributed by atoms with van der Waals surface area (Å²) in [5.41, 5.74) is 0.891. The molecule has 0 amide bonds. The average molecular weight is 193 g/mol. The monoisotopic (exact) mass is 193 g/mol. The Morgan fingerprint density at radius 2 is 2.21 bits per heavy atom. The molecule has 2 rings (SSSR count). The molecular formula is C10H11NO3. The number of hydrogen-bond acceptors (Lipinski definition) is 3. The quantitative estimate of drug-likeness (QED) is 0.658. The fourth-order valence-corrected chi connectivity index (χ4v) is 1.51. The van der Waals surface area contributed by atoms with Gasteiger partial charge in [0.05, 0.1) is 0 Å². The Morgan fingerprint density at radius 3 is 2.71 bits per heavy atom. The third-order valence-electron chi connectivity index (χ3n) is 2.48. The molecule has 0 aliphatic carbocycles. The molecule has 1 fully saturated rings. The summed E-state index contributed by atoms with van der Waals surface area (Å²) < 4.78 is 0. The van der Waals surface area contributed by atoms with Crippen molar-refractivity contribution >= 4 is 5.97 Å². The van der Waals surface area contributed by atoms with E-state index in [0.29, 0.717) is 0 Å². The molecule has 1 saturated heterocycles. The normalized spacial score (nSPS) is 20.1. The largest absolute Gasteiger partial charge is 0.507 e. The summed E-state index contributed by atoms with van der Waals surface area (Å²) in [4.78, 5) is 10.7. The highest BCUT2D eigenvalue weighted by Gasteiger charge is 2.20. The van der Waals surface area contributed by atoms with E-state index in [0.717, 1.165) is 18.5 Å². The summed E-state index contributed by atoms with van der Waals surface area (Å²) in [7, 11) is 0. The van der Waals surface area contributed by atoms with Gasteiger partial charge >= 0.3 is 5.97 Å². The van der Waals surface area contributed by atoms with Crippen molar-refractivity contribution in [3.05, 3.63) is 29.3 Å². The molecule has 0 aromatic heterocycles. The molecule has 1 aliphatic rings. The summed E-state index contributed by atoms with van der Waals surface area (Å²) in [5, 5.41) is 21.2. The van der Waals surface area contributed by atoms with Gasteiger partial charge in [-0.15, -0.1) is 0 Å². The second-order valence-electron chi connectivity index (χ2n) is 3.38. The number of carboxylic acid groups (broad SMARTS) is 1. The van der Waals surface area contributed by atoms with Crippen molar-refractivity contribution in [2.45, 2.75) is 12.5 Å². The molecule has 1 aliphatic heterocycles. The number of aromatic hydroxyl groups is 1. The standard InChI is InChI=1S/C10H11NO3/c12-9-2-1-6(8-3-4-11-8)5-7(9)10(13)14/h1-2,5,8,11-12H,3-4H2,(H,13,14)/t8-/m0/s1. The van der Waals surface area contributed by atoms with E-state index in [2.05, 4.69) is 5.32 Å². The van der Waals surface area contributed by atoms with E-state index in [1.54, 1.807) is 6.07 Å². The molecule has 4 heteroatoms. The van der Waals surface area contributed by atoms with Crippen molar-refractivity contribution in [1.82, 2.24) is 5.32 Å². The number of aromatic carboxylic acids is 1. The number of carboxylic acids is 1. The first-order chi connectivity index (χ1) is 6.68. The van der Waals surface area contributed by atoms with Crippen LogP contribution in [0, 0.1) is 0 Å².